The van der Waals surface area contributed by atoms with Gasteiger partial charge in [-0.25, -0.2) is 0 Å². The highest BCUT2D eigenvalue weighted by Gasteiger charge is 1.93. The fourth-order valence-corrected chi connectivity index (χ4v) is 1.91. The van der Waals surface area contributed by atoms with E-state index in [-0.39, 0.29) is 5.78 Å². The maximum atomic E-state index is 10.8. The summed E-state index contributed by atoms with van der Waals surface area (Å²) in [6.45, 7) is 3.54. The molecule has 0 heterocycles. The van der Waals surface area contributed by atoms with Crippen molar-refractivity contribution in [3.63, 3.8) is 0 Å². The maximum Gasteiger partial charge on any atom is 0.130 e. The molecule has 0 fully saturated rings. The Morgan fingerprint density at radius 1 is 0.808 bits per heavy atom. The van der Waals surface area contributed by atoms with Crippen LogP contribution in [0.4, 0.5) is 0 Å². The first-order chi connectivity index (χ1) is 12.6. The molecular weight excluding hydrogens is 324 g/mol. The predicted octanol–water partition coefficient (Wildman–Crippen LogP) is 4.99. The number of allylic oxidation sites excluding steroid dienone is 9. The summed E-state index contributed by atoms with van der Waals surface area (Å²) in [5.74, 6) is 0.229. The molecule has 0 saturated carbocycles. The van der Waals surface area contributed by atoms with Crippen molar-refractivity contribution in [2.24, 2.45) is 0 Å². The van der Waals surface area contributed by atoms with Gasteiger partial charge in [-0.15, -0.1) is 0 Å². The highest BCUT2D eigenvalue weighted by atomic mass is 16.3. The number of carbonyl (C=O) groups excluding carboxylic acids is 1. The minimum atomic E-state index is -0.491. The molecule has 2 N–H and O–H groups in total. The van der Waals surface area contributed by atoms with Gasteiger partial charge in [0.05, 0.1) is 12.2 Å². The largest absolute Gasteiger partial charge is 0.389 e. The van der Waals surface area contributed by atoms with E-state index >= 15 is 0 Å². The SMILES string of the molecule is CCC(O)/C=C/C=C\C=C\C(O)C/C=C\C/C=C\C/C=C\CCC(C)=O. The van der Waals surface area contributed by atoms with E-state index in [0.29, 0.717) is 19.3 Å². The van der Waals surface area contributed by atoms with Gasteiger partial charge in [0.25, 0.3) is 0 Å². The number of ketones is 1. The molecule has 0 aliphatic heterocycles. The second kappa shape index (κ2) is 17.8. The molecule has 144 valence electrons. The van der Waals surface area contributed by atoms with E-state index in [2.05, 4.69) is 18.2 Å². The summed E-state index contributed by atoms with van der Waals surface area (Å²) < 4.78 is 0. The Kier molecular flexibility index (Phi) is 16.5. The lowest BCUT2D eigenvalue weighted by Gasteiger charge is -1.98. The van der Waals surface area contributed by atoms with Crippen molar-refractivity contribution in [3.05, 3.63) is 72.9 Å². The van der Waals surface area contributed by atoms with E-state index in [4.69, 9.17) is 0 Å². The first-order valence-electron chi connectivity index (χ1n) is 9.38. The molecule has 0 aliphatic rings. The van der Waals surface area contributed by atoms with E-state index in [1.165, 1.54) is 0 Å². The van der Waals surface area contributed by atoms with Crippen LogP contribution >= 0.6 is 0 Å². The quantitative estimate of drug-likeness (QED) is 0.339. The van der Waals surface area contributed by atoms with Crippen LogP contribution < -0.4 is 0 Å². The predicted molar refractivity (Wildman–Crippen MR) is 111 cm³/mol. The van der Waals surface area contributed by atoms with Gasteiger partial charge in [-0.1, -0.05) is 79.8 Å². The molecule has 26 heavy (non-hydrogen) atoms. The van der Waals surface area contributed by atoms with Gasteiger partial charge in [-0.2, -0.15) is 0 Å². The summed E-state index contributed by atoms with van der Waals surface area (Å²) in [6, 6.07) is 0. The van der Waals surface area contributed by atoms with Gasteiger partial charge in [0.2, 0.25) is 0 Å². The zero-order chi connectivity index (χ0) is 19.5. The molecule has 0 aromatic rings. The van der Waals surface area contributed by atoms with Crippen LogP contribution in [0, 0.1) is 0 Å². The zero-order valence-corrected chi connectivity index (χ0v) is 16.1. The van der Waals surface area contributed by atoms with E-state index in [1.807, 2.05) is 37.3 Å². The fraction of sp³-hybridized carbons (Fsp3) is 0.435. The summed E-state index contributed by atoms with van der Waals surface area (Å²) in [7, 11) is 0. The monoisotopic (exact) mass is 358 g/mol. The summed E-state index contributed by atoms with van der Waals surface area (Å²) >= 11 is 0. The van der Waals surface area contributed by atoms with Gasteiger partial charge < -0.3 is 15.0 Å². The van der Waals surface area contributed by atoms with Gasteiger partial charge in [-0.3, -0.25) is 0 Å². The van der Waals surface area contributed by atoms with Crippen molar-refractivity contribution < 1.29 is 15.0 Å². The highest BCUT2D eigenvalue weighted by Crippen LogP contribution is 1.99. The minimum absolute atomic E-state index is 0.229. The molecule has 2 atom stereocenters. The molecule has 0 aromatic carbocycles. The molecule has 0 rings (SSSR count). The lowest BCUT2D eigenvalue weighted by molar-refractivity contribution is -0.116. The number of rotatable bonds is 14. The van der Waals surface area contributed by atoms with E-state index < -0.39 is 12.2 Å². The number of Topliss-reactive ketones (excluding diaryl/α,β-unsaturated/α-hetero) is 1. The molecule has 0 aromatic heterocycles. The summed E-state index contributed by atoms with van der Waals surface area (Å²) in [5, 5.41) is 19.2. The average molecular weight is 359 g/mol. The Morgan fingerprint density at radius 2 is 1.35 bits per heavy atom. The van der Waals surface area contributed by atoms with Crippen molar-refractivity contribution in [2.75, 3.05) is 0 Å². The molecule has 0 saturated heterocycles. The molecule has 0 radical (unpaired) electrons. The summed E-state index contributed by atoms with van der Waals surface area (Å²) in [4.78, 5) is 10.8. The third-order valence-corrected chi connectivity index (χ3v) is 3.50. The molecular formula is C23H34O3. The van der Waals surface area contributed by atoms with Gasteiger partial charge >= 0.3 is 0 Å². The van der Waals surface area contributed by atoms with E-state index in [1.54, 1.807) is 31.2 Å². The molecule has 3 nitrogen and oxygen atoms in total. The minimum Gasteiger partial charge on any atom is -0.389 e. The van der Waals surface area contributed by atoms with Gasteiger partial charge in [0, 0.05) is 6.42 Å². The van der Waals surface area contributed by atoms with Crippen LogP contribution in [-0.4, -0.2) is 28.2 Å². The third-order valence-electron chi connectivity index (χ3n) is 3.50. The summed E-state index contributed by atoms with van der Waals surface area (Å²) in [5.41, 5.74) is 0. The van der Waals surface area contributed by atoms with Crippen LogP contribution in [0.1, 0.15) is 52.4 Å². The first kappa shape index (κ1) is 24.0. The Labute approximate surface area is 158 Å². The Hall–Kier alpha value is -1.97. The van der Waals surface area contributed by atoms with Gasteiger partial charge in [-0.05, 0) is 39.0 Å². The van der Waals surface area contributed by atoms with E-state index in [9.17, 15) is 15.0 Å². The average Bonchev–Trinajstić information content (AvgIpc) is 2.61. The van der Waals surface area contributed by atoms with Crippen LogP contribution in [0.3, 0.4) is 0 Å². The van der Waals surface area contributed by atoms with Crippen molar-refractivity contribution in [1.82, 2.24) is 0 Å². The first-order valence-corrected chi connectivity index (χ1v) is 9.38. The van der Waals surface area contributed by atoms with Crippen LogP contribution in [0.5, 0.6) is 0 Å². The highest BCUT2D eigenvalue weighted by molar-refractivity contribution is 5.75. The third kappa shape index (κ3) is 18.4. The van der Waals surface area contributed by atoms with Crippen LogP contribution in [0.15, 0.2) is 72.9 Å². The van der Waals surface area contributed by atoms with Crippen molar-refractivity contribution >= 4 is 5.78 Å². The van der Waals surface area contributed by atoms with Crippen molar-refractivity contribution in [1.29, 1.82) is 0 Å². The lowest BCUT2D eigenvalue weighted by atomic mass is 10.2. The van der Waals surface area contributed by atoms with Crippen LogP contribution in [0.2, 0.25) is 0 Å². The van der Waals surface area contributed by atoms with Gasteiger partial charge in [0.15, 0.2) is 0 Å². The number of hydrogen-bond donors (Lipinski definition) is 2. The van der Waals surface area contributed by atoms with Crippen LogP contribution in [0.25, 0.3) is 0 Å². The zero-order valence-electron chi connectivity index (χ0n) is 16.1. The lowest BCUT2D eigenvalue weighted by Crippen LogP contribution is -1.98. The Balaban J connectivity index is 3.78. The molecule has 3 heteroatoms. The summed E-state index contributed by atoms with van der Waals surface area (Å²) in [6.07, 6.45) is 26.6. The number of aliphatic hydroxyl groups is 2. The van der Waals surface area contributed by atoms with Crippen LogP contribution in [-0.2, 0) is 4.79 Å². The number of carbonyl (C=O) groups is 1. The number of hydrogen-bond acceptors (Lipinski definition) is 3. The number of aliphatic hydroxyl groups excluding tert-OH is 2. The molecule has 0 amide bonds. The second-order valence-corrected chi connectivity index (χ2v) is 6.06. The molecule has 0 aliphatic carbocycles. The Bertz CT molecular complexity index is 522. The second-order valence-electron chi connectivity index (χ2n) is 6.06. The molecule has 0 spiro atoms. The normalized spacial score (nSPS) is 15.5. The molecule has 0 bridgehead atoms. The standard InChI is InChI=1S/C23H34O3/c1-3-22(25)18-14-11-12-16-20-23(26)19-15-10-8-6-4-5-7-9-13-17-21(2)24/h4,6-7,9-12,14-16,18,20,22-23,25-26H,3,5,8,13,17,19H2,1-2H3/b6-4-,9-7-,12-11-,15-10-,18-14+,20-16+. The van der Waals surface area contributed by atoms with Gasteiger partial charge in [0.1, 0.15) is 5.78 Å². The smallest absolute Gasteiger partial charge is 0.130 e. The maximum absolute atomic E-state index is 10.8. The van der Waals surface area contributed by atoms with Crippen molar-refractivity contribution in [3.8, 4) is 0 Å². The Morgan fingerprint density at radius 3 is 1.92 bits per heavy atom. The fourth-order valence-electron chi connectivity index (χ4n) is 1.91. The molecule has 2 unspecified atom stereocenters. The van der Waals surface area contributed by atoms with Crippen molar-refractivity contribution in [2.45, 2.75) is 64.6 Å². The topological polar surface area (TPSA) is 57.5 Å². The van der Waals surface area contributed by atoms with E-state index in [0.717, 1.165) is 19.3 Å².